The molecule has 4 rings (SSSR count). The Kier molecular flexibility index (Phi) is 6.19. The van der Waals surface area contributed by atoms with Crippen LogP contribution in [0.5, 0.6) is 5.75 Å². The molecule has 3 aromatic rings. The van der Waals surface area contributed by atoms with E-state index in [1.807, 2.05) is 58.1 Å². The summed E-state index contributed by atoms with van der Waals surface area (Å²) in [5.41, 5.74) is 0.742. The van der Waals surface area contributed by atoms with Crippen LogP contribution < -0.4 is 10.1 Å². The Morgan fingerprint density at radius 2 is 1.86 bits per heavy atom. The second-order valence-electron chi connectivity index (χ2n) is 7.12. The predicted molar refractivity (Wildman–Crippen MR) is 113 cm³/mol. The Morgan fingerprint density at radius 1 is 1.14 bits per heavy atom. The number of ether oxygens (including phenoxy) is 1. The molecule has 1 aliphatic rings. The lowest BCUT2D eigenvalue weighted by Crippen LogP contribution is -2.18. The number of methoxy groups -OCH3 is 1. The average molecular weight is 412 g/mol. The molecule has 1 aliphatic carbocycles. The molecule has 0 radical (unpaired) electrons. The van der Waals surface area contributed by atoms with Crippen molar-refractivity contribution in [3.63, 3.8) is 0 Å². The van der Waals surface area contributed by atoms with E-state index in [-0.39, 0.29) is 11.7 Å². The first-order valence-electron chi connectivity index (χ1n) is 9.90. The fourth-order valence-electron chi connectivity index (χ4n) is 3.66. The van der Waals surface area contributed by atoms with E-state index in [0.29, 0.717) is 5.92 Å². The van der Waals surface area contributed by atoms with Gasteiger partial charge in [0, 0.05) is 24.0 Å². The standard InChI is InChI=1S/C21H25N5O2S/c1-28-18-11-9-17(10-12-18)22-19(27)15-29-21-24-23-20(16-7-3-2-4-8-16)26(21)25-13-5-6-14-25/h5-6,9-14,16H,2-4,7-8,15H2,1H3,(H,22,27). The van der Waals surface area contributed by atoms with Crippen molar-refractivity contribution in [1.82, 2.24) is 19.5 Å². The highest BCUT2D eigenvalue weighted by atomic mass is 32.2. The van der Waals surface area contributed by atoms with Gasteiger partial charge in [-0.05, 0) is 49.2 Å². The molecule has 29 heavy (non-hydrogen) atoms. The van der Waals surface area contributed by atoms with Gasteiger partial charge in [-0.15, -0.1) is 10.2 Å². The van der Waals surface area contributed by atoms with Gasteiger partial charge in [0.25, 0.3) is 0 Å². The zero-order valence-electron chi connectivity index (χ0n) is 16.5. The number of benzene rings is 1. The Hall–Kier alpha value is -2.74. The molecule has 2 heterocycles. The van der Waals surface area contributed by atoms with E-state index >= 15 is 0 Å². The number of hydrogen-bond acceptors (Lipinski definition) is 5. The van der Waals surface area contributed by atoms with E-state index < -0.39 is 0 Å². The quantitative estimate of drug-likeness (QED) is 0.591. The summed E-state index contributed by atoms with van der Waals surface area (Å²) in [5, 5.41) is 12.5. The maximum atomic E-state index is 12.4. The molecule has 0 aliphatic heterocycles. The number of hydrogen-bond donors (Lipinski definition) is 1. The van der Waals surface area contributed by atoms with Gasteiger partial charge in [0.1, 0.15) is 5.75 Å². The molecule has 0 bridgehead atoms. The molecule has 1 aromatic carbocycles. The van der Waals surface area contributed by atoms with Crippen LogP contribution >= 0.6 is 11.8 Å². The van der Waals surface area contributed by atoms with Gasteiger partial charge >= 0.3 is 0 Å². The molecule has 0 unspecified atom stereocenters. The summed E-state index contributed by atoms with van der Waals surface area (Å²) >= 11 is 1.40. The summed E-state index contributed by atoms with van der Waals surface area (Å²) in [6, 6.07) is 11.3. The fraction of sp³-hybridized carbons (Fsp3) is 0.381. The number of thioether (sulfide) groups is 1. The highest BCUT2D eigenvalue weighted by molar-refractivity contribution is 7.99. The molecule has 2 aromatic heterocycles. The summed E-state index contributed by atoms with van der Waals surface area (Å²) in [7, 11) is 1.62. The third-order valence-electron chi connectivity index (χ3n) is 5.13. The summed E-state index contributed by atoms with van der Waals surface area (Å²) in [6.45, 7) is 0. The van der Waals surface area contributed by atoms with E-state index in [2.05, 4.69) is 15.5 Å². The van der Waals surface area contributed by atoms with Crippen LogP contribution in [0.4, 0.5) is 5.69 Å². The molecular formula is C21H25N5O2S. The summed E-state index contributed by atoms with van der Waals surface area (Å²) in [6.07, 6.45) is 10.0. The van der Waals surface area contributed by atoms with Crippen LogP contribution in [0.15, 0.2) is 53.9 Å². The number of nitrogens with one attached hydrogen (secondary N) is 1. The summed E-state index contributed by atoms with van der Waals surface area (Å²) < 4.78 is 9.18. The number of amides is 1. The third-order valence-corrected chi connectivity index (χ3v) is 6.05. The smallest absolute Gasteiger partial charge is 0.234 e. The van der Waals surface area contributed by atoms with Gasteiger partial charge in [-0.1, -0.05) is 31.0 Å². The van der Waals surface area contributed by atoms with E-state index in [1.165, 1.54) is 31.0 Å². The van der Waals surface area contributed by atoms with E-state index in [4.69, 9.17) is 4.74 Å². The topological polar surface area (TPSA) is 74.0 Å². The van der Waals surface area contributed by atoms with Crippen LogP contribution in [0.25, 0.3) is 0 Å². The lowest BCUT2D eigenvalue weighted by atomic mass is 9.89. The van der Waals surface area contributed by atoms with Gasteiger partial charge in [-0.2, -0.15) is 0 Å². The van der Waals surface area contributed by atoms with Gasteiger partial charge in [0.15, 0.2) is 5.82 Å². The first-order valence-corrected chi connectivity index (χ1v) is 10.9. The highest BCUT2D eigenvalue weighted by Gasteiger charge is 2.24. The fourth-order valence-corrected chi connectivity index (χ4v) is 4.40. The van der Waals surface area contributed by atoms with Crippen LogP contribution in [0.1, 0.15) is 43.8 Å². The average Bonchev–Trinajstić information content (AvgIpc) is 3.43. The highest BCUT2D eigenvalue weighted by Crippen LogP contribution is 2.33. The first kappa shape index (κ1) is 19.6. The van der Waals surface area contributed by atoms with Crippen molar-refractivity contribution in [1.29, 1.82) is 0 Å². The Morgan fingerprint density at radius 3 is 2.55 bits per heavy atom. The molecule has 1 fully saturated rings. The normalized spacial score (nSPS) is 14.7. The van der Waals surface area contributed by atoms with Crippen molar-refractivity contribution in [2.75, 3.05) is 18.2 Å². The van der Waals surface area contributed by atoms with Gasteiger partial charge in [-0.3, -0.25) is 9.47 Å². The first-order chi connectivity index (χ1) is 14.2. The molecule has 0 atom stereocenters. The number of carbonyl (C=O) groups is 1. The van der Waals surface area contributed by atoms with Gasteiger partial charge in [-0.25, -0.2) is 4.68 Å². The Bertz CT molecular complexity index is 931. The van der Waals surface area contributed by atoms with E-state index in [0.717, 1.165) is 35.3 Å². The summed E-state index contributed by atoms with van der Waals surface area (Å²) in [4.78, 5) is 12.4. The van der Waals surface area contributed by atoms with Crippen LogP contribution in [-0.2, 0) is 4.79 Å². The molecule has 1 amide bonds. The van der Waals surface area contributed by atoms with Crippen molar-refractivity contribution in [3.8, 4) is 5.75 Å². The van der Waals surface area contributed by atoms with Crippen molar-refractivity contribution in [2.45, 2.75) is 43.2 Å². The SMILES string of the molecule is COc1ccc(NC(=O)CSc2nnc(C3CCCCC3)n2-n2cccc2)cc1. The van der Waals surface area contributed by atoms with Gasteiger partial charge < -0.3 is 10.1 Å². The van der Waals surface area contributed by atoms with Crippen LogP contribution in [0, 0.1) is 0 Å². The molecule has 8 heteroatoms. The number of carbonyl (C=O) groups excluding carboxylic acids is 1. The molecule has 152 valence electrons. The van der Waals surface area contributed by atoms with Crippen molar-refractivity contribution in [2.24, 2.45) is 0 Å². The van der Waals surface area contributed by atoms with E-state index in [9.17, 15) is 4.79 Å². The largest absolute Gasteiger partial charge is 0.497 e. The van der Waals surface area contributed by atoms with Crippen LogP contribution in [0.2, 0.25) is 0 Å². The number of rotatable bonds is 7. The van der Waals surface area contributed by atoms with Crippen LogP contribution in [0.3, 0.4) is 0 Å². The van der Waals surface area contributed by atoms with Crippen molar-refractivity contribution < 1.29 is 9.53 Å². The number of nitrogens with zero attached hydrogens (tertiary/aromatic N) is 4. The number of anilines is 1. The van der Waals surface area contributed by atoms with Crippen molar-refractivity contribution in [3.05, 3.63) is 54.6 Å². The second-order valence-corrected chi connectivity index (χ2v) is 8.06. The van der Waals surface area contributed by atoms with E-state index in [1.54, 1.807) is 7.11 Å². The lowest BCUT2D eigenvalue weighted by Gasteiger charge is -2.22. The third kappa shape index (κ3) is 4.64. The van der Waals surface area contributed by atoms with Crippen LogP contribution in [-0.4, -0.2) is 38.3 Å². The number of aromatic nitrogens is 4. The second kappa shape index (κ2) is 9.17. The molecule has 0 spiro atoms. The maximum absolute atomic E-state index is 12.4. The minimum atomic E-state index is -0.0820. The zero-order valence-corrected chi connectivity index (χ0v) is 17.3. The molecular weight excluding hydrogens is 386 g/mol. The Labute approximate surface area is 174 Å². The molecule has 1 saturated carbocycles. The minimum absolute atomic E-state index is 0.0820. The lowest BCUT2D eigenvalue weighted by molar-refractivity contribution is -0.113. The zero-order chi connectivity index (χ0) is 20.1. The van der Waals surface area contributed by atoms with Gasteiger partial charge in [0.2, 0.25) is 11.1 Å². The molecule has 1 N–H and O–H groups in total. The molecule has 0 saturated heterocycles. The monoisotopic (exact) mass is 411 g/mol. The van der Waals surface area contributed by atoms with Crippen molar-refractivity contribution >= 4 is 23.4 Å². The predicted octanol–water partition coefficient (Wildman–Crippen LogP) is 4.18. The Balaban J connectivity index is 1.46. The van der Waals surface area contributed by atoms with Gasteiger partial charge in [0.05, 0.1) is 12.9 Å². The minimum Gasteiger partial charge on any atom is -0.497 e. The molecule has 7 nitrogen and oxygen atoms in total. The summed E-state index contributed by atoms with van der Waals surface area (Å²) in [5.74, 6) is 2.34. The maximum Gasteiger partial charge on any atom is 0.234 e.